The van der Waals surface area contributed by atoms with Gasteiger partial charge in [-0.05, 0) is 30.0 Å². The molecule has 3 heterocycles. The summed E-state index contributed by atoms with van der Waals surface area (Å²) in [5, 5.41) is 7.78. The summed E-state index contributed by atoms with van der Waals surface area (Å²) in [5.74, 6) is 0.462. The maximum Gasteiger partial charge on any atom is 0.272 e. The molecule has 2 atom stereocenters. The number of H-pyrrole nitrogens is 2. The second-order valence-corrected chi connectivity index (χ2v) is 7.85. The van der Waals surface area contributed by atoms with Crippen LogP contribution in [-0.2, 0) is 4.79 Å². The Balaban J connectivity index is 1.36. The highest BCUT2D eigenvalue weighted by Gasteiger charge is 2.43. The molecule has 4 aromatic rings. The van der Waals surface area contributed by atoms with E-state index in [1.54, 1.807) is 24.7 Å². The summed E-state index contributed by atoms with van der Waals surface area (Å²) in [6, 6.07) is 13.6. The maximum atomic E-state index is 12.9. The molecular formula is C23H18N6O2. The van der Waals surface area contributed by atoms with E-state index in [2.05, 4.69) is 42.9 Å². The van der Waals surface area contributed by atoms with Crippen molar-refractivity contribution in [2.75, 3.05) is 5.32 Å². The largest absolute Gasteiger partial charge is 0.351 e. The van der Waals surface area contributed by atoms with Gasteiger partial charge in [-0.1, -0.05) is 30.3 Å². The summed E-state index contributed by atoms with van der Waals surface area (Å²) in [7, 11) is 0. The van der Waals surface area contributed by atoms with Crippen LogP contribution in [0.15, 0.2) is 60.0 Å². The molecule has 2 aromatic heterocycles. The Morgan fingerprint density at radius 1 is 1.16 bits per heavy atom. The molecule has 1 saturated carbocycles. The first-order valence-electron chi connectivity index (χ1n) is 10.1. The molecule has 0 spiro atoms. The Morgan fingerprint density at radius 3 is 2.84 bits per heavy atom. The molecule has 8 heteroatoms. The van der Waals surface area contributed by atoms with Gasteiger partial charge in [-0.25, -0.2) is 10.4 Å². The second kappa shape index (κ2) is 6.66. The maximum absolute atomic E-state index is 12.9. The van der Waals surface area contributed by atoms with Crippen LogP contribution in [0.2, 0.25) is 0 Å². The van der Waals surface area contributed by atoms with Crippen molar-refractivity contribution in [2.24, 2.45) is 11.0 Å². The number of aromatic nitrogens is 3. The Bertz CT molecular complexity index is 1350. The van der Waals surface area contributed by atoms with Crippen molar-refractivity contribution in [3.8, 4) is 11.5 Å². The van der Waals surface area contributed by atoms with E-state index in [0.29, 0.717) is 17.1 Å². The Hall–Kier alpha value is -4.20. The van der Waals surface area contributed by atoms with Gasteiger partial charge < -0.3 is 15.3 Å². The van der Waals surface area contributed by atoms with E-state index < -0.39 is 0 Å². The zero-order valence-electron chi connectivity index (χ0n) is 16.3. The minimum atomic E-state index is -0.324. The summed E-state index contributed by atoms with van der Waals surface area (Å²) in [5.41, 5.74) is 6.96. The Kier molecular flexibility index (Phi) is 3.79. The topological polar surface area (TPSA) is 115 Å². The molecule has 2 aliphatic rings. The first kappa shape index (κ1) is 17.6. The van der Waals surface area contributed by atoms with Crippen LogP contribution in [0.4, 0.5) is 5.69 Å². The fourth-order valence-corrected chi connectivity index (χ4v) is 4.33. The molecule has 31 heavy (non-hydrogen) atoms. The van der Waals surface area contributed by atoms with Gasteiger partial charge in [-0.15, -0.1) is 0 Å². The number of hydrazone groups is 1. The van der Waals surface area contributed by atoms with Crippen LogP contribution in [0.5, 0.6) is 0 Å². The monoisotopic (exact) mass is 410 g/mol. The van der Waals surface area contributed by atoms with Crippen molar-refractivity contribution in [1.29, 1.82) is 0 Å². The predicted molar refractivity (Wildman–Crippen MR) is 117 cm³/mol. The number of aromatic amines is 2. The SMILES string of the molecule is O=C1NN=Cc2c(-c3ncc[nH]3)[nH]c3cc(NC(=O)C4CC4c4ccccc4)cc1c23. The van der Waals surface area contributed by atoms with Crippen LogP contribution >= 0.6 is 0 Å². The highest BCUT2D eigenvalue weighted by Crippen LogP contribution is 2.48. The van der Waals surface area contributed by atoms with Crippen LogP contribution in [-0.4, -0.2) is 33.0 Å². The normalized spacial score (nSPS) is 19.2. The Morgan fingerprint density at radius 2 is 2.03 bits per heavy atom. The third-order valence-corrected chi connectivity index (χ3v) is 5.90. The second-order valence-electron chi connectivity index (χ2n) is 7.85. The molecule has 2 unspecified atom stereocenters. The molecule has 4 N–H and O–H groups in total. The summed E-state index contributed by atoms with van der Waals surface area (Å²) >= 11 is 0. The van der Waals surface area contributed by atoms with Gasteiger partial charge in [0.1, 0.15) is 0 Å². The quantitative estimate of drug-likeness (QED) is 0.413. The van der Waals surface area contributed by atoms with Crippen molar-refractivity contribution in [3.63, 3.8) is 0 Å². The minimum Gasteiger partial charge on any atom is -0.351 e. The van der Waals surface area contributed by atoms with Gasteiger partial charge in [-0.3, -0.25) is 9.59 Å². The van der Waals surface area contributed by atoms with E-state index in [1.807, 2.05) is 24.3 Å². The lowest BCUT2D eigenvalue weighted by atomic mass is 10.0. The predicted octanol–water partition coefficient (Wildman–Crippen LogP) is 3.38. The van der Waals surface area contributed by atoms with Gasteiger partial charge in [0.2, 0.25) is 5.91 Å². The lowest BCUT2D eigenvalue weighted by Gasteiger charge is -2.08. The lowest BCUT2D eigenvalue weighted by Crippen LogP contribution is -2.18. The number of imidazole rings is 1. The molecule has 1 aliphatic heterocycles. The molecule has 152 valence electrons. The van der Waals surface area contributed by atoms with E-state index in [1.165, 1.54) is 5.56 Å². The number of benzene rings is 2. The van der Waals surface area contributed by atoms with E-state index >= 15 is 0 Å². The zero-order chi connectivity index (χ0) is 20.9. The number of carbonyl (C=O) groups is 2. The number of nitrogens with zero attached hydrogens (tertiary/aromatic N) is 2. The molecule has 2 aromatic carbocycles. The van der Waals surface area contributed by atoms with Crippen molar-refractivity contribution < 1.29 is 9.59 Å². The van der Waals surface area contributed by atoms with Crippen LogP contribution in [0.3, 0.4) is 0 Å². The highest BCUT2D eigenvalue weighted by atomic mass is 16.2. The van der Waals surface area contributed by atoms with Crippen molar-refractivity contribution in [2.45, 2.75) is 12.3 Å². The van der Waals surface area contributed by atoms with E-state index in [0.717, 1.165) is 28.6 Å². The van der Waals surface area contributed by atoms with Crippen LogP contribution < -0.4 is 10.7 Å². The summed E-state index contributed by atoms with van der Waals surface area (Å²) in [6.07, 6.45) is 5.83. The fourth-order valence-electron chi connectivity index (χ4n) is 4.33. The lowest BCUT2D eigenvalue weighted by molar-refractivity contribution is -0.117. The number of rotatable bonds is 4. The molecule has 0 saturated heterocycles. The number of hydrogen-bond donors (Lipinski definition) is 4. The van der Waals surface area contributed by atoms with Gasteiger partial charge in [0.15, 0.2) is 5.82 Å². The molecule has 2 amide bonds. The van der Waals surface area contributed by atoms with Gasteiger partial charge in [0, 0.05) is 40.5 Å². The van der Waals surface area contributed by atoms with E-state index in [4.69, 9.17) is 0 Å². The average molecular weight is 410 g/mol. The molecule has 1 fully saturated rings. The standard InChI is InChI=1S/C23H18N6O2/c30-22(15-10-14(15)12-4-2-1-3-5-12)27-13-8-16-19-17(11-26-29-23(16)31)20(28-18(19)9-13)21-24-6-7-25-21/h1-9,11,14-15,28H,10H2,(H,24,25)(H,27,30)(H,29,31). The summed E-state index contributed by atoms with van der Waals surface area (Å²) < 4.78 is 0. The number of nitrogens with one attached hydrogen (secondary N) is 4. The van der Waals surface area contributed by atoms with Gasteiger partial charge >= 0.3 is 0 Å². The number of carbonyl (C=O) groups excluding carboxylic acids is 2. The van der Waals surface area contributed by atoms with Gasteiger partial charge in [-0.2, -0.15) is 5.10 Å². The number of anilines is 1. The summed E-state index contributed by atoms with van der Waals surface area (Å²) in [4.78, 5) is 36.2. The van der Waals surface area contributed by atoms with E-state index in [9.17, 15) is 9.59 Å². The fraction of sp³-hybridized carbons (Fsp3) is 0.130. The molecule has 1 aliphatic carbocycles. The smallest absolute Gasteiger partial charge is 0.272 e. The Labute approximate surface area is 176 Å². The first-order valence-corrected chi connectivity index (χ1v) is 10.1. The van der Waals surface area contributed by atoms with Crippen LogP contribution in [0.25, 0.3) is 22.4 Å². The van der Waals surface area contributed by atoms with Crippen molar-refractivity contribution >= 4 is 34.6 Å². The third kappa shape index (κ3) is 2.92. The molecule has 0 radical (unpaired) electrons. The number of hydrogen-bond acceptors (Lipinski definition) is 4. The van der Waals surface area contributed by atoms with Gasteiger partial charge in [0.25, 0.3) is 5.91 Å². The average Bonchev–Trinajstić information content (AvgIpc) is 3.30. The molecule has 0 bridgehead atoms. The molecular weight excluding hydrogens is 392 g/mol. The zero-order valence-corrected chi connectivity index (χ0v) is 16.3. The molecule has 8 nitrogen and oxygen atoms in total. The van der Waals surface area contributed by atoms with Crippen molar-refractivity contribution in [3.05, 3.63) is 71.5 Å². The van der Waals surface area contributed by atoms with E-state index in [-0.39, 0.29) is 23.7 Å². The van der Waals surface area contributed by atoms with Gasteiger partial charge in [0.05, 0.1) is 17.5 Å². The number of amides is 2. The highest BCUT2D eigenvalue weighted by molar-refractivity contribution is 6.18. The summed E-state index contributed by atoms with van der Waals surface area (Å²) in [6.45, 7) is 0. The first-order chi connectivity index (χ1) is 15.2. The molecule has 6 rings (SSSR count). The third-order valence-electron chi connectivity index (χ3n) is 5.90. The minimum absolute atomic E-state index is 0.0382. The van der Waals surface area contributed by atoms with Crippen molar-refractivity contribution in [1.82, 2.24) is 20.4 Å². The van der Waals surface area contributed by atoms with Crippen LogP contribution in [0.1, 0.15) is 33.8 Å². The van der Waals surface area contributed by atoms with Crippen LogP contribution in [0, 0.1) is 5.92 Å².